The first-order chi connectivity index (χ1) is 14.8. The molecule has 0 bridgehead atoms. The predicted molar refractivity (Wildman–Crippen MR) is 125 cm³/mol. The van der Waals surface area contributed by atoms with Gasteiger partial charge >= 0.3 is 0 Å². The molecule has 0 spiro atoms. The number of rotatable bonds is 5. The number of thiophene rings is 1. The fourth-order valence-corrected chi connectivity index (χ4v) is 5.27. The van der Waals surface area contributed by atoms with E-state index in [-0.39, 0.29) is 23.3 Å². The summed E-state index contributed by atoms with van der Waals surface area (Å²) in [5.74, 6) is -0.963. The zero-order chi connectivity index (χ0) is 22.1. The van der Waals surface area contributed by atoms with Gasteiger partial charge in [-0.2, -0.15) is 0 Å². The van der Waals surface area contributed by atoms with Crippen LogP contribution in [0.15, 0.2) is 40.9 Å². The molecule has 2 amide bonds. The maximum absolute atomic E-state index is 12.8. The number of phenolic OH excluding ortho intramolecular Hbond substituents is 1. The number of nitrogens with two attached hydrogens (primary N) is 1. The summed E-state index contributed by atoms with van der Waals surface area (Å²) in [5, 5.41) is 23.4. The molecule has 4 rings (SSSR count). The van der Waals surface area contributed by atoms with E-state index in [0.29, 0.717) is 31.7 Å². The summed E-state index contributed by atoms with van der Waals surface area (Å²) < 4.78 is 1.08. The number of hydrogen-bond acceptors (Lipinski definition) is 6. The van der Waals surface area contributed by atoms with Crippen molar-refractivity contribution in [1.29, 1.82) is 0 Å². The molecular formula is C22H22BrN3O4S. The van der Waals surface area contributed by atoms with Gasteiger partial charge in [0.15, 0.2) is 0 Å². The van der Waals surface area contributed by atoms with Crippen molar-refractivity contribution >= 4 is 54.2 Å². The Balaban J connectivity index is 1.52. The van der Waals surface area contributed by atoms with Gasteiger partial charge in [0.1, 0.15) is 10.8 Å². The first kappa shape index (κ1) is 21.8. The van der Waals surface area contributed by atoms with Crippen LogP contribution in [0.5, 0.6) is 5.75 Å². The molecule has 1 atom stereocenters. The van der Waals surface area contributed by atoms with E-state index < -0.39 is 5.91 Å². The van der Waals surface area contributed by atoms with Gasteiger partial charge in [-0.1, -0.05) is 12.1 Å². The fraction of sp³-hybridized carbons (Fsp3) is 0.273. The van der Waals surface area contributed by atoms with Gasteiger partial charge in [-0.15, -0.1) is 11.3 Å². The Kier molecular flexibility index (Phi) is 6.29. The van der Waals surface area contributed by atoms with E-state index >= 15 is 0 Å². The maximum Gasteiger partial charge on any atom is 0.256 e. The Bertz CT molecular complexity index is 1150. The van der Waals surface area contributed by atoms with Gasteiger partial charge in [0.05, 0.1) is 16.1 Å². The van der Waals surface area contributed by atoms with Crippen LogP contribution in [-0.4, -0.2) is 46.1 Å². The van der Waals surface area contributed by atoms with Gasteiger partial charge in [0, 0.05) is 28.7 Å². The van der Waals surface area contributed by atoms with Crippen LogP contribution < -0.4 is 11.1 Å². The van der Waals surface area contributed by atoms with E-state index in [1.54, 1.807) is 18.2 Å². The van der Waals surface area contributed by atoms with Gasteiger partial charge in [-0.05, 0) is 65.1 Å². The monoisotopic (exact) mass is 503 g/mol. The highest BCUT2D eigenvalue weighted by molar-refractivity contribution is 9.10. The number of amides is 2. The van der Waals surface area contributed by atoms with E-state index in [4.69, 9.17) is 5.73 Å². The Morgan fingerprint density at radius 2 is 2.00 bits per heavy atom. The van der Waals surface area contributed by atoms with Crippen molar-refractivity contribution in [2.24, 2.45) is 5.73 Å². The lowest BCUT2D eigenvalue weighted by atomic mass is 10.1. The Morgan fingerprint density at radius 3 is 2.68 bits per heavy atom. The molecule has 1 saturated heterocycles. The molecule has 9 heteroatoms. The third-order valence-corrected chi connectivity index (χ3v) is 7.04. The number of hydrogen-bond donors (Lipinski definition) is 4. The van der Waals surface area contributed by atoms with E-state index in [1.807, 2.05) is 12.1 Å². The van der Waals surface area contributed by atoms with Crippen molar-refractivity contribution in [3.8, 4) is 5.75 Å². The number of halogens is 1. The van der Waals surface area contributed by atoms with Crippen LogP contribution in [0.3, 0.4) is 0 Å². The highest BCUT2D eigenvalue weighted by atomic mass is 79.9. The number of β-amino-alcohol motifs (C(OH)–C–C–N with tert-alkyl or cyclic N) is 1. The Morgan fingerprint density at radius 1 is 1.26 bits per heavy atom. The summed E-state index contributed by atoms with van der Waals surface area (Å²) in [6.07, 6.45) is 1.55. The number of carbonyl (C=O) groups is 2. The number of aromatic hydroxyl groups is 1. The minimum atomic E-state index is -0.654. The molecule has 0 saturated carbocycles. The largest absolute Gasteiger partial charge is 0.507 e. The van der Waals surface area contributed by atoms with Gasteiger partial charge < -0.3 is 21.3 Å². The van der Waals surface area contributed by atoms with E-state index in [1.165, 1.54) is 17.4 Å². The second-order valence-electron chi connectivity index (χ2n) is 7.65. The summed E-state index contributed by atoms with van der Waals surface area (Å²) in [7, 11) is 0. The molecule has 0 radical (unpaired) electrons. The number of aliphatic hydroxyl groups excluding tert-OH is 1. The van der Waals surface area contributed by atoms with Crippen molar-refractivity contribution in [3.05, 3.63) is 57.6 Å². The van der Waals surface area contributed by atoms with Gasteiger partial charge in [-0.3, -0.25) is 14.5 Å². The van der Waals surface area contributed by atoms with Crippen molar-refractivity contribution in [2.45, 2.75) is 25.5 Å². The minimum absolute atomic E-state index is 0.0412. The second-order valence-corrected chi connectivity index (χ2v) is 9.56. The van der Waals surface area contributed by atoms with Crippen LogP contribution in [0.25, 0.3) is 10.1 Å². The number of piperidine rings is 1. The van der Waals surface area contributed by atoms with Crippen LogP contribution >= 0.6 is 27.3 Å². The first-order valence-electron chi connectivity index (χ1n) is 9.87. The zero-order valence-electron chi connectivity index (χ0n) is 16.6. The van der Waals surface area contributed by atoms with E-state index in [9.17, 15) is 19.8 Å². The normalized spacial score (nSPS) is 17.0. The molecule has 1 aromatic heterocycles. The highest BCUT2D eigenvalue weighted by Crippen LogP contribution is 2.40. The topological polar surface area (TPSA) is 116 Å². The number of nitrogens with zero attached hydrogens (tertiary/aromatic N) is 1. The number of primary amides is 1. The predicted octanol–water partition coefficient (Wildman–Crippen LogP) is 3.68. The van der Waals surface area contributed by atoms with E-state index in [0.717, 1.165) is 31.5 Å². The highest BCUT2D eigenvalue weighted by Gasteiger charge is 2.21. The molecule has 1 aliphatic rings. The lowest BCUT2D eigenvalue weighted by molar-refractivity contribution is 0.0668. The lowest BCUT2D eigenvalue weighted by Gasteiger charge is -2.29. The second kappa shape index (κ2) is 8.96. The number of anilines is 1. The molecule has 1 aliphatic heterocycles. The van der Waals surface area contributed by atoms with Crippen molar-refractivity contribution in [2.75, 3.05) is 18.4 Å². The molecule has 0 aliphatic carbocycles. The maximum atomic E-state index is 12.8. The lowest BCUT2D eigenvalue weighted by Crippen LogP contribution is -2.37. The quantitative estimate of drug-likeness (QED) is 0.423. The Labute approximate surface area is 191 Å². The molecule has 7 nitrogen and oxygen atoms in total. The van der Waals surface area contributed by atoms with Gasteiger partial charge in [0.25, 0.3) is 11.8 Å². The first-order valence-corrected chi connectivity index (χ1v) is 11.5. The van der Waals surface area contributed by atoms with Crippen LogP contribution in [0.2, 0.25) is 0 Å². The number of aliphatic hydroxyl groups is 1. The summed E-state index contributed by atoms with van der Waals surface area (Å²) in [6, 6.07) is 10.4. The molecule has 31 heavy (non-hydrogen) atoms. The SMILES string of the molecule is NC(=O)c1c(NC(=O)c2ccc(CN3CCCC(O)C3)cc2)sc2cc(O)c(Br)cc12. The molecular weight excluding hydrogens is 482 g/mol. The number of phenols is 1. The van der Waals surface area contributed by atoms with Gasteiger partial charge in [-0.25, -0.2) is 0 Å². The number of likely N-dealkylation sites (tertiary alicyclic amines) is 1. The minimum Gasteiger partial charge on any atom is -0.507 e. The standard InChI is InChI=1S/C22H22BrN3O4S/c23-16-8-15-18(9-17(16)28)31-22(19(15)20(24)29)25-21(30)13-5-3-12(4-6-13)10-26-7-1-2-14(27)11-26/h3-6,8-9,14,27-28H,1-2,7,10-11H2,(H2,24,29)(H,25,30). The molecule has 2 aromatic carbocycles. The number of nitrogens with one attached hydrogen (secondary N) is 1. The summed E-state index contributed by atoms with van der Waals surface area (Å²) in [6.45, 7) is 2.34. The van der Waals surface area contributed by atoms with Crippen molar-refractivity contribution < 1.29 is 19.8 Å². The fourth-order valence-electron chi connectivity index (χ4n) is 3.81. The van der Waals surface area contributed by atoms with Crippen molar-refractivity contribution in [3.63, 3.8) is 0 Å². The zero-order valence-corrected chi connectivity index (χ0v) is 19.0. The molecule has 1 unspecified atom stereocenters. The van der Waals surface area contributed by atoms with Crippen LogP contribution in [-0.2, 0) is 6.54 Å². The summed E-state index contributed by atoms with van der Waals surface area (Å²) >= 11 is 4.42. The summed E-state index contributed by atoms with van der Waals surface area (Å²) in [4.78, 5) is 27.0. The molecule has 5 N–H and O–H groups in total. The Hall–Kier alpha value is -2.46. The van der Waals surface area contributed by atoms with Crippen LogP contribution in [0, 0.1) is 0 Å². The number of benzene rings is 2. The van der Waals surface area contributed by atoms with Crippen LogP contribution in [0.1, 0.15) is 39.1 Å². The molecule has 3 aromatic rings. The smallest absolute Gasteiger partial charge is 0.256 e. The third kappa shape index (κ3) is 4.74. The molecule has 2 heterocycles. The molecule has 1 fully saturated rings. The third-order valence-electron chi connectivity index (χ3n) is 5.33. The number of carbonyl (C=O) groups excluding carboxylic acids is 2. The van der Waals surface area contributed by atoms with Crippen molar-refractivity contribution in [1.82, 2.24) is 4.90 Å². The average Bonchev–Trinajstić information content (AvgIpc) is 3.05. The molecule has 162 valence electrons. The van der Waals surface area contributed by atoms with Gasteiger partial charge in [0.2, 0.25) is 0 Å². The summed E-state index contributed by atoms with van der Waals surface area (Å²) in [5.41, 5.74) is 7.30. The average molecular weight is 504 g/mol. The van der Waals surface area contributed by atoms with E-state index in [2.05, 4.69) is 26.1 Å². The van der Waals surface area contributed by atoms with Crippen LogP contribution in [0.4, 0.5) is 5.00 Å². The number of fused-ring (bicyclic) bond motifs is 1.